The van der Waals surface area contributed by atoms with Crippen LogP contribution in [-0.2, 0) is 0 Å². The van der Waals surface area contributed by atoms with E-state index >= 15 is 0 Å². The molecule has 1 heterocycles. The van der Waals surface area contributed by atoms with E-state index < -0.39 is 11.2 Å². The van der Waals surface area contributed by atoms with Crippen molar-refractivity contribution in [2.45, 2.75) is 5.25 Å². The lowest BCUT2D eigenvalue weighted by atomic mass is 9.93. The van der Waals surface area contributed by atoms with Crippen molar-refractivity contribution in [2.75, 3.05) is 14.2 Å². The number of thioether (sulfide) groups is 1. The largest absolute Gasteiger partial charge is 0.497 e. The highest BCUT2D eigenvalue weighted by Gasteiger charge is 2.35. The van der Waals surface area contributed by atoms with Crippen molar-refractivity contribution in [1.82, 2.24) is 0 Å². The summed E-state index contributed by atoms with van der Waals surface area (Å²) in [6, 6.07) is 9.31. The normalized spacial score (nSPS) is 21.0. The molecule has 22 heavy (non-hydrogen) atoms. The second kappa shape index (κ2) is 6.42. The lowest BCUT2D eigenvalue weighted by Crippen LogP contribution is -2.26. The molecule has 0 spiro atoms. The van der Waals surface area contributed by atoms with Crippen LogP contribution in [0.15, 0.2) is 29.5 Å². The molecule has 1 aliphatic heterocycles. The van der Waals surface area contributed by atoms with Crippen LogP contribution >= 0.6 is 11.8 Å². The van der Waals surface area contributed by atoms with Crippen LogP contribution in [0.3, 0.4) is 0 Å². The molecule has 112 valence electrons. The zero-order valence-corrected chi connectivity index (χ0v) is 12.9. The van der Waals surface area contributed by atoms with Crippen molar-refractivity contribution in [3.63, 3.8) is 0 Å². The summed E-state index contributed by atoms with van der Waals surface area (Å²) in [4.78, 5) is 0. The SMILES string of the molecule is COc1cc(OC)cc([C@@H]2SC(=N)C(C#N)=C(N)[C@H]2C#N)c1. The topological polar surface area (TPSA) is 116 Å². The Kier molecular flexibility index (Phi) is 4.59. The number of nitrogens with zero attached hydrogens (tertiary/aromatic N) is 2. The third-order valence-electron chi connectivity index (χ3n) is 3.35. The molecule has 2 atom stereocenters. The van der Waals surface area contributed by atoms with Gasteiger partial charge in [0, 0.05) is 11.8 Å². The monoisotopic (exact) mass is 314 g/mol. The zero-order chi connectivity index (χ0) is 16.3. The number of nitrogens with two attached hydrogens (primary N) is 1. The van der Waals surface area contributed by atoms with Crippen molar-refractivity contribution in [3.05, 3.63) is 35.0 Å². The summed E-state index contributed by atoms with van der Waals surface area (Å²) in [6.45, 7) is 0. The number of hydrogen-bond acceptors (Lipinski definition) is 7. The first-order valence-electron chi connectivity index (χ1n) is 6.33. The third kappa shape index (κ3) is 2.72. The highest BCUT2D eigenvalue weighted by Crippen LogP contribution is 2.46. The molecule has 3 N–H and O–H groups in total. The van der Waals surface area contributed by atoms with E-state index in [2.05, 4.69) is 6.07 Å². The first-order chi connectivity index (χ1) is 10.5. The molecule has 0 unspecified atom stereocenters. The van der Waals surface area contributed by atoms with Gasteiger partial charge in [-0.25, -0.2) is 0 Å². The zero-order valence-electron chi connectivity index (χ0n) is 12.1. The van der Waals surface area contributed by atoms with Crippen LogP contribution in [0, 0.1) is 34.0 Å². The quantitative estimate of drug-likeness (QED) is 0.884. The molecule has 1 aromatic rings. The number of nitrogens with one attached hydrogen (secondary N) is 1. The summed E-state index contributed by atoms with van der Waals surface area (Å²) in [7, 11) is 3.08. The minimum absolute atomic E-state index is 0.0679. The van der Waals surface area contributed by atoms with E-state index in [1.165, 1.54) is 0 Å². The number of hydrogen-bond donors (Lipinski definition) is 2. The summed E-state index contributed by atoms with van der Waals surface area (Å²) in [5.74, 6) is 0.490. The Hall–Kier alpha value is -2.64. The van der Waals surface area contributed by atoms with E-state index in [9.17, 15) is 5.26 Å². The number of benzene rings is 1. The molecule has 0 fully saturated rings. The van der Waals surface area contributed by atoms with E-state index in [0.717, 1.165) is 17.3 Å². The van der Waals surface area contributed by atoms with Crippen LogP contribution in [0.2, 0.25) is 0 Å². The van der Waals surface area contributed by atoms with E-state index in [4.69, 9.17) is 25.9 Å². The molecule has 7 heteroatoms. The summed E-state index contributed by atoms with van der Waals surface area (Å²) < 4.78 is 10.5. The van der Waals surface area contributed by atoms with E-state index in [1.54, 1.807) is 32.4 Å². The number of nitriles is 2. The second-order valence-electron chi connectivity index (χ2n) is 4.56. The minimum atomic E-state index is -0.689. The van der Waals surface area contributed by atoms with Crippen LogP contribution in [0.25, 0.3) is 0 Å². The standard InChI is InChI=1S/C15H14N4O2S/c1-20-9-3-8(4-10(5-9)21-2)14-11(6-16)13(18)12(7-17)15(19)22-14/h3-5,11,14,19H,18H2,1-2H3/t11-,14+/m1/s1. The molecule has 0 bridgehead atoms. The van der Waals surface area contributed by atoms with Gasteiger partial charge in [0.15, 0.2) is 0 Å². The Morgan fingerprint density at radius 3 is 2.23 bits per heavy atom. The number of rotatable bonds is 3. The summed E-state index contributed by atoms with van der Waals surface area (Å²) in [5, 5.41) is 26.1. The number of allylic oxidation sites excluding steroid dienone is 1. The summed E-state index contributed by atoms with van der Waals surface area (Å²) in [5.41, 5.74) is 6.89. The molecule has 0 radical (unpaired) electrons. The smallest absolute Gasteiger partial charge is 0.122 e. The van der Waals surface area contributed by atoms with E-state index in [1.807, 2.05) is 6.07 Å². The van der Waals surface area contributed by atoms with Crippen molar-refractivity contribution in [1.29, 1.82) is 15.9 Å². The van der Waals surface area contributed by atoms with Gasteiger partial charge in [0.2, 0.25) is 0 Å². The Labute approximate surface area is 132 Å². The fourth-order valence-corrected chi connectivity index (χ4v) is 3.36. The first kappa shape index (κ1) is 15.7. The van der Waals surface area contributed by atoms with E-state index in [-0.39, 0.29) is 16.3 Å². The van der Waals surface area contributed by atoms with E-state index in [0.29, 0.717) is 11.5 Å². The average Bonchev–Trinajstić information content (AvgIpc) is 2.54. The van der Waals surface area contributed by atoms with Gasteiger partial charge in [0.05, 0.1) is 25.5 Å². The predicted octanol–water partition coefficient (Wildman–Crippen LogP) is 2.35. The van der Waals surface area contributed by atoms with Gasteiger partial charge in [-0.1, -0.05) is 11.8 Å². The van der Waals surface area contributed by atoms with Crippen molar-refractivity contribution < 1.29 is 9.47 Å². The van der Waals surface area contributed by atoms with Gasteiger partial charge >= 0.3 is 0 Å². The van der Waals surface area contributed by atoms with Crippen LogP contribution < -0.4 is 15.2 Å². The molecule has 0 saturated carbocycles. The third-order valence-corrected chi connectivity index (χ3v) is 4.59. The molecule has 2 rings (SSSR count). The van der Waals surface area contributed by atoms with Gasteiger partial charge in [-0.3, -0.25) is 5.41 Å². The lowest BCUT2D eigenvalue weighted by Gasteiger charge is -2.28. The molecular formula is C15H14N4O2S. The summed E-state index contributed by atoms with van der Waals surface area (Å²) >= 11 is 1.14. The molecular weight excluding hydrogens is 300 g/mol. The van der Waals surface area contributed by atoms with Crippen molar-refractivity contribution in [3.8, 4) is 23.6 Å². The van der Waals surface area contributed by atoms with Crippen LogP contribution in [0.5, 0.6) is 11.5 Å². The first-order valence-corrected chi connectivity index (χ1v) is 7.21. The fraction of sp³-hybridized carbons (Fsp3) is 0.267. The van der Waals surface area contributed by atoms with Crippen molar-refractivity contribution in [2.24, 2.45) is 11.7 Å². The van der Waals surface area contributed by atoms with Gasteiger partial charge in [-0.2, -0.15) is 10.5 Å². The molecule has 0 amide bonds. The Bertz CT molecular complexity index is 708. The van der Waals surface area contributed by atoms with Crippen molar-refractivity contribution >= 4 is 16.8 Å². The highest BCUT2D eigenvalue weighted by atomic mass is 32.2. The number of methoxy groups -OCH3 is 2. The molecule has 1 aliphatic rings. The Balaban J connectivity index is 2.54. The second-order valence-corrected chi connectivity index (χ2v) is 5.71. The van der Waals surface area contributed by atoms with Crippen LogP contribution in [0.4, 0.5) is 0 Å². The molecule has 1 aromatic carbocycles. The van der Waals surface area contributed by atoms with Crippen LogP contribution in [0.1, 0.15) is 10.8 Å². The molecule has 0 aliphatic carbocycles. The fourth-order valence-electron chi connectivity index (χ4n) is 2.21. The van der Waals surface area contributed by atoms with Gasteiger partial charge in [-0.15, -0.1) is 0 Å². The molecule has 0 aromatic heterocycles. The predicted molar refractivity (Wildman–Crippen MR) is 83.5 cm³/mol. The van der Waals surface area contributed by atoms with Crippen LogP contribution in [-0.4, -0.2) is 19.3 Å². The summed E-state index contributed by atoms with van der Waals surface area (Å²) in [6.07, 6.45) is 0. The lowest BCUT2D eigenvalue weighted by molar-refractivity contribution is 0.393. The van der Waals surface area contributed by atoms with Gasteiger partial charge in [-0.05, 0) is 17.7 Å². The van der Waals surface area contributed by atoms with Gasteiger partial charge in [0.1, 0.15) is 34.1 Å². The molecule has 0 saturated heterocycles. The maximum Gasteiger partial charge on any atom is 0.122 e. The highest BCUT2D eigenvalue weighted by molar-refractivity contribution is 8.14. The van der Waals surface area contributed by atoms with Gasteiger partial charge in [0.25, 0.3) is 0 Å². The number of ether oxygens (including phenoxy) is 2. The Morgan fingerprint density at radius 1 is 1.18 bits per heavy atom. The maximum atomic E-state index is 9.43. The molecule has 6 nitrogen and oxygen atoms in total. The Morgan fingerprint density at radius 2 is 1.77 bits per heavy atom. The maximum absolute atomic E-state index is 9.43. The van der Waals surface area contributed by atoms with Gasteiger partial charge < -0.3 is 15.2 Å². The minimum Gasteiger partial charge on any atom is -0.497 e. The average molecular weight is 314 g/mol.